The molecule has 3 heterocycles. The molecule has 10 nitrogen and oxygen atoms in total. The molecule has 1 atom stereocenters. The van der Waals surface area contributed by atoms with Crippen LogP contribution in [-0.2, 0) is 25.5 Å². The third-order valence-electron chi connectivity index (χ3n) is 10.0. The van der Waals surface area contributed by atoms with E-state index >= 15 is 0 Å². The molecule has 0 unspecified atom stereocenters. The first kappa shape index (κ1) is 34.1. The molecule has 256 valence electrons. The highest BCUT2D eigenvalue weighted by Crippen LogP contribution is 2.32. The number of hydrogen-bond acceptors (Lipinski definition) is 7. The molecule has 3 aromatic rings. The zero-order chi connectivity index (χ0) is 33.3. The van der Waals surface area contributed by atoms with E-state index in [2.05, 4.69) is 20.9 Å². The van der Waals surface area contributed by atoms with Gasteiger partial charge in [-0.25, -0.2) is 0 Å². The van der Waals surface area contributed by atoms with E-state index in [1.165, 1.54) is 11.3 Å². The summed E-state index contributed by atoms with van der Waals surface area (Å²) < 4.78 is 6.50. The molecular weight excluding hydrogens is 627 g/mol. The van der Waals surface area contributed by atoms with Gasteiger partial charge >= 0.3 is 0 Å². The lowest BCUT2D eigenvalue weighted by Crippen LogP contribution is -2.61. The van der Waals surface area contributed by atoms with Gasteiger partial charge in [0.15, 0.2) is 0 Å². The minimum Gasteiger partial charge on any atom is -0.381 e. The van der Waals surface area contributed by atoms with Crippen LogP contribution in [0, 0.1) is 5.92 Å². The minimum absolute atomic E-state index is 0.0264. The number of hydrogen-bond donors (Lipinski definition) is 3. The van der Waals surface area contributed by atoms with Crippen molar-refractivity contribution >= 4 is 45.1 Å². The molecule has 4 amide bonds. The van der Waals surface area contributed by atoms with E-state index in [1.807, 2.05) is 65.6 Å². The van der Waals surface area contributed by atoms with Crippen molar-refractivity contribution in [1.29, 1.82) is 0 Å². The molecule has 2 aromatic carbocycles. The average Bonchev–Trinajstić information content (AvgIpc) is 3.77. The molecule has 3 aliphatic rings. The molecule has 3 N–H and O–H groups in total. The Bertz CT molecular complexity index is 1530. The molecule has 6 rings (SSSR count). The number of nitrogens with one attached hydrogen (secondary N) is 3. The van der Waals surface area contributed by atoms with Crippen molar-refractivity contribution in [1.82, 2.24) is 25.8 Å². The summed E-state index contributed by atoms with van der Waals surface area (Å²) >= 11 is 1.40. The first-order valence-corrected chi connectivity index (χ1v) is 18.2. The third kappa shape index (κ3) is 8.61. The molecule has 2 saturated heterocycles. The standard InChI is InChI=1S/C37H47N5O5S/c43-33(42-20-18-41(19-21-42)26-28-13-22-47-23-14-28)12-17-38-34(44)30(24-27-8-2-1-3-9-27)39-36(46)37(15-6-7-16-37)40-35(45)32-25-29-10-4-5-11-31(29)48-32/h1-5,8-11,25,28,30H,6-7,12-24,26H2,(H,38,44)(H,39,46)(H,40,45)/t30-/m1/s1. The van der Waals surface area contributed by atoms with Crippen LogP contribution in [0.1, 0.15) is 60.2 Å². The zero-order valence-corrected chi connectivity index (χ0v) is 28.4. The lowest BCUT2D eigenvalue weighted by molar-refractivity contribution is -0.134. The van der Waals surface area contributed by atoms with E-state index in [1.54, 1.807) is 0 Å². The summed E-state index contributed by atoms with van der Waals surface area (Å²) in [4.78, 5) is 58.9. The number of carbonyl (C=O) groups excluding carboxylic acids is 4. The smallest absolute Gasteiger partial charge is 0.262 e. The van der Waals surface area contributed by atoms with Crippen LogP contribution in [0.4, 0.5) is 0 Å². The van der Waals surface area contributed by atoms with Gasteiger partial charge in [0.1, 0.15) is 11.6 Å². The lowest BCUT2D eigenvalue weighted by Gasteiger charge is -2.37. The van der Waals surface area contributed by atoms with Crippen molar-refractivity contribution in [3.8, 4) is 0 Å². The fourth-order valence-corrected chi connectivity index (χ4v) is 8.12. The largest absolute Gasteiger partial charge is 0.381 e. The number of amides is 4. The number of benzene rings is 2. The summed E-state index contributed by atoms with van der Waals surface area (Å²) in [5.41, 5.74) is -0.187. The van der Waals surface area contributed by atoms with Crippen molar-refractivity contribution in [2.45, 2.75) is 62.9 Å². The fourth-order valence-electron chi connectivity index (χ4n) is 7.16. The van der Waals surface area contributed by atoms with E-state index in [9.17, 15) is 19.2 Å². The molecule has 1 aliphatic carbocycles. The van der Waals surface area contributed by atoms with Gasteiger partial charge in [-0.1, -0.05) is 61.4 Å². The Balaban J connectivity index is 1.04. The van der Waals surface area contributed by atoms with Crippen LogP contribution < -0.4 is 16.0 Å². The van der Waals surface area contributed by atoms with E-state index in [0.29, 0.717) is 43.1 Å². The van der Waals surface area contributed by atoms with Gasteiger partial charge in [-0.3, -0.25) is 24.1 Å². The second-order valence-corrected chi connectivity index (χ2v) is 14.5. The van der Waals surface area contributed by atoms with Crippen molar-refractivity contribution < 1.29 is 23.9 Å². The number of thiophene rings is 1. The first-order valence-electron chi connectivity index (χ1n) is 17.4. The predicted octanol–water partition coefficient (Wildman–Crippen LogP) is 3.75. The highest BCUT2D eigenvalue weighted by Gasteiger charge is 2.44. The summed E-state index contributed by atoms with van der Waals surface area (Å²) in [5.74, 6) is -0.272. The molecule has 3 fully saturated rings. The van der Waals surface area contributed by atoms with E-state index in [-0.39, 0.29) is 36.6 Å². The van der Waals surface area contributed by atoms with Gasteiger partial charge in [0.25, 0.3) is 5.91 Å². The van der Waals surface area contributed by atoms with Gasteiger partial charge in [-0.05, 0) is 54.7 Å². The van der Waals surface area contributed by atoms with Crippen LogP contribution >= 0.6 is 11.3 Å². The number of fused-ring (bicyclic) bond motifs is 1. The maximum absolute atomic E-state index is 14.0. The molecule has 1 aromatic heterocycles. The number of nitrogens with zero attached hydrogens (tertiary/aromatic N) is 2. The molecule has 1 saturated carbocycles. The normalized spacial score (nSPS) is 19.1. The number of carbonyl (C=O) groups is 4. The Labute approximate surface area is 286 Å². The number of rotatable bonds is 12. The Morgan fingerprint density at radius 1 is 0.917 bits per heavy atom. The maximum atomic E-state index is 14.0. The monoisotopic (exact) mass is 673 g/mol. The van der Waals surface area contributed by atoms with E-state index in [4.69, 9.17) is 4.74 Å². The van der Waals surface area contributed by atoms with Crippen molar-refractivity contribution in [3.63, 3.8) is 0 Å². The molecular formula is C37H47N5O5S. The first-order chi connectivity index (χ1) is 23.4. The van der Waals surface area contributed by atoms with Crippen molar-refractivity contribution in [3.05, 3.63) is 71.1 Å². The molecule has 11 heteroatoms. The molecule has 0 bridgehead atoms. The van der Waals surface area contributed by atoms with Gasteiger partial charge in [0.05, 0.1) is 4.88 Å². The average molecular weight is 674 g/mol. The summed E-state index contributed by atoms with van der Waals surface area (Å²) in [6, 6.07) is 18.4. The van der Waals surface area contributed by atoms with Crippen molar-refractivity contribution in [2.75, 3.05) is 52.5 Å². The van der Waals surface area contributed by atoms with E-state index < -0.39 is 11.6 Å². The summed E-state index contributed by atoms with van der Waals surface area (Å²) in [7, 11) is 0. The molecule has 48 heavy (non-hydrogen) atoms. The number of piperazine rings is 1. The van der Waals surface area contributed by atoms with Crippen molar-refractivity contribution in [2.24, 2.45) is 5.92 Å². The Morgan fingerprint density at radius 2 is 1.62 bits per heavy atom. The second-order valence-electron chi connectivity index (χ2n) is 13.4. The van der Waals surface area contributed by atoms with Gasteiger partial charge < -0.3 is 25.6 Å². The minimum atomic E-state index is -1.09. The SMILES string of the molecule is O=C(NC1(C(=O)N[C@H](Cc2ccccc2)C(=O)NCCC(=O)N2CCN(CC3CCOCC3)CC2)CCCC1)c1cc2ccccc2s1. The van der Waals surface area contributed by atoms with Crippen LogP contribution in [-0.4, -0.2) is 97.5 Å². The van der Waals surface area contributed by atoms with Crippen LogP contribution in [0.15, 0.2) is 60.7 Å². The van der Waals surface area contributed by atoms with E-state index in [0.717, 1.165) is 74.2 Å². The van der Waals surface area contributed by atoms with Crippen LogP contribution in [0.2, 0.25) is 0 Å². The quantitative estimate of drug-likeness (QED) is 0.270. The molecule has 0 spiro atoms. The highest BCUT2D eigenvalue weighted by atomic mass is 32.1. The van der Waals surface area contributed by atoms with Crippen LogP contribution in [0.25, 0.3) is 10.1 Å². The Kier molecular flexibility index (Phi) is 11.4. The summed E-state index contributed by atoms with van der Waals surface area (Å²) in [5, 5.41) is 9.97. The zero-order valence-electron chi connectivity index (χ0n) is 27.6. The Hall–Kier alpha value is -3.80. The van der Waals surface area contributed by atoms with Gasteiger partial charge in [-0.15, -0.1) is 11.3 Å². The molecule has 0 radical (unpaired) electrons. The summed E-state index contributed by atoms with van der Waals surface area (Å²) in [6.45, 7) is 6.05. The van der Waals surface area contributed by atoms with Gasteiger partial charge in [0.2, 0.25) is 17.7 Å². The predicted molar refractivity (Wildman–Crippen MR) is 187 cm³/mol. The Morgan fingerprint density at radius 3 is 2.35 bits per heavy atom. The summed E-state index contributed by atoms with van der Waals surface area (Å²) in [6.07, 6.45) is 5.33. The van der Waals surface area contributed by atoms with Gasteiger partial charge in [-0.2, -0.15) is 0 Å². The van der Waals surface area contributed by atoms with Crippen LogP contribution in [0.5, 0.6) is 0 Å². The third-order valence-corrected chi connectivity index (χ3v) is 11.1. The fraction of sp³-hybridized carbons (Fsp3) is 0.514. The maximum Gasteiger partial charge on any atom is 0.262 e. The highest BCUT2D eigenvalue weighted by molar-refractivity contribution is 7.20. The lowest BCUT2D eigenvalue weighted by atomic mass is 9.94. The van der Waals surface area contributed by atoms with Crippen LogP contribution in [0.3, 0.4) is 0 Å². The topological polar surface area (TPSA) is 120 Å². The second kappa shape index (κ2) is 16.1. The number of ether oxygens (including phenoxy) is 1. The van der Waals surface area contributed by atoms with Gasteiger partial charge in [0, 0.05) is 70.0 Å². The molecule has 2 aliphatic heterocycles.